The third kappa shape index (κ3) is 2.34. The van der Waals surface area contributed by atoms with Gasteiger partial charge >= 0.3 is 0 Å². The first kappa shape index (κ1) is 10.6. The molecular weight excluding hydrogens is 198 g/mol. The number of anilines is 1. The van der Waals surface area contributed by atoms with Crippen LogP contribution < -0.4 is 5.32 Å². The van der Waals surface area contributed by atoms with Crippen molar-refractivity contribution in [3.8, 4) is 5.75 Å². The molecule has 16 heavy (non-hydrogen) atoms. The smallest absolute Gasteiger partial charge is 0.138 e. The molecular formula is C14H15NO. The Morgan fingerprint density at radius 1 is 0.938 bits per heavy atom. The van der Waals surface area contributed by atoms with Gasteiger partial charge in [0, 0.05) is 6.04 Å². The maximum atomic E-state index is 9.64. The minimum atomic E-state index is 0.175. The molecule has 2 heteroatoms. The van der Waals surface area contributed by atoms with Gasteiger partial charge in [-0.3, -0.25) is 0 Å². The molecule has 2 nitrogen and oxygen atoms in total. The van der Waals surface area contributed by atoms with E-state index in [4.69, 9.17) is 0 Å². The highest BCUT2D eigenvalue weighted by Crippen LogP contribution is 2.26. The number of hydrogen-bond donors (Lipinski definition) is 2. The van der Waals surface area contributed by atoms with Gasteiger partial charge < -0.3 is 10.4 Å². The number of nitrogens with one attached hydrogen (secondary N) is 1. The quantitative estimate of drug-likeness (QED) is 0.764. The molecule has 2 aromatic carbocycles. The van der Waals surface area contributed by atoms with Gasteiger partial charge in [-0.1, -0.05) is 42.5 Å². The number of para-hydroxylation sites is 2. The maximum Gasteiger partial charge on any atom is 0.138 e. The fraction of sp³-hybridized carbons (Fsp3) is 0.143. The average molecular weight is 213 g/mol. The van der Waals surface area contributed by atoms with Crippen molar-refractivity contribution in [3.63, 3.8) is 0 Å². The maximum absolute atomic E-state index is 9.64. The van der Waals surface area contributed by atoms with E-state index in [1.807, 2.05) is 36.4 Å². The highest BCUT2D eigenvalue weighted by atomic mass is 16.3. The molecule has 0 bridgehead atoms. The van der Waals surface area contributed by atoms with Gasteiger partial charge in [-0.15, -0.1) is 0 Å². The second-order valence-electron chi connectivity index (χ2n) is 3.79. The van der Waals surface area contributed by atoms with Crippen LogP contribution in [0.4, 0.5) is 5.69 Å². The van der Waals surface area contributed by atoms with Gasteiger partial charge in [0.2, 0.25) is 0 Å². The molecule has 2 N–H and O–H groups in total. The van der Waals surface area contributed by atoms with Gasteiger partial charge in [-0.2, -0.15) is 0 Å². The molecule has 0 aliphatic carbocycles. The van der Waals surface area contributed by atoms with E-state index in [0.717, 1.165) is 5.69 Å². The van der Waals surface area contributed by atoms with Crippen LogP contribution in [0.15, 0.2) is 54.6 Å². The molecule has 82 valence electrons. The summed E-state index contributed by atoms with van der Waals surface area (Å²) in [5.41, 5.74) is 1.96. The van der Waals surface area contributed by atoms with Crippen LogP contribution in [0, 0.1) is 0 Å². The van der Waals surface area contributed by atoms with E-state index >= 15 is 0 Å². The average Bonchev–Trinajstić information content (AvgIpc) is 2.33. The molecule has 1 atom stereocenters. The van der Waals surface area contributed by atoms with E-state index in [1.54, 1.807) is 6.07 Å². The van der Waals surface area contributed by atoms with Crippen molar-refractivity contribution in [1.82, 2.24) is 0 Å². The molecule has 2 aromatic rings. The standard InChI is InChI=1S/C14H15NO/c1-11(12-7-3-2-4-8-12)15-13-9-5-6-10-14(13)16/h2-11,15-16H,1H3. The zero-order valence-corrected chi connectivity index (χ0v) is 9.22. The van der Waals surface area contributed by atoms with Gasteiger partial charge in [0.1, 0.15) is 5.75 Å². The summed E-state index contributed by atoms with van der Waals surface area (Å²) in [6.07, 6.45) is 0. The Hall–Kier alpha value is -1.96. The summed E-state index contributed by atoms with van der Waals surface area (Å²) in [7, 11) is 0. The molecule has 0 aliphatic heterocycles. The predicted molar refractivity (Wildman–Crippen MR) is 66.6 cm³/mol. The molecule has 0 fully saturated rings. The van der Waals surface area contributed by atoms with Crippen LogP contribution in [0.2, 0.25) is 0 Å². The van der Waals surface area contributed by atoms with Crippen molar-refractivity contribution in [2.45, 2.75) is 13.0 Å². The summed E-state index contributed by atoms with van der Waals surface area (Å²) in [5, 5.41) is 12.9. The summed E-state index contributed by atoms with van der Waals surface area (Å²) in [5.74, 6) is 0.283. The lowest BCUT2D eigenvalue weighted by Crippen LogP contribution is -2.06. The monoisotopic (exact) mass is 213 g/mol. The van der Waals surface area contributed by atoms with Crippen LogP contribution in [0.25, 0.3) is 0 Å². The lowest BCUT2D eigenvalue weighted by molar-refractivity contribution is 0.476. The summed E-state index contributed by atoms with van der Waals surface area (Å²) in [6.45, 7) is 2.07. The molecule has 0 heterocycles. The topological polar surface area (TPSA) is 32.3 Å². The van der Waals surface area contributed by atoms with E-state index in [1.165, 1.54) is 5.56 Å². The van der Waals surface area contributed by atoms with Crippen molar-refractivity contribution in [2.24, 2.45) is 0 Å². The number of hydrogen-bond acceptors (Lipinski definition) is 2. The molecule has 0 radical (unpaired) electrons. The fourth-order valence-corrected chi connectivity index (χ4v) is 1.65. The summed E-state index contributed by atoms with van der Waals surface area (Å²) >= 11 is 0. The summed E-state index contributed by atoms with van der Waals surface area (Å²) in [6, 6.07) is 17.6. The van der Waals surface area contributed by atoms with Crippen LogP contribution in [-0.2, 0) is 0 Å². The van der Waals surface area contributed by atoms with Crippen molar-refractivity contribution < 1.29 is 5.11 Å². The van der Waals surface area contributed by atoms with Gasteiger partial charge in [-0.05, 0) is 24.6 Å². The molecule has 0 aromatic heterocycles. The number of phenols is 1. The fourth-order valence-electron chi connectivity index (χ4n) is 1.65. The third-order valence-electron chi connectivity index (χ3n) is 2.58. The predicted octanol–water partition coefficient (Wildman–Crippen LogP) is 3.57. The second kappa shape index (κ2) is 4.71. The molecule has 2 rings (SSSR count). The van der Waals surface area contributed by atoms with Crippen molar-refractivity contribution in [3.05, 3.63) is 60.2 Å². The molecule has 0 saturated carbocycles. The molecule has 0 spiro atoms. The van der Waals surface area contributed by atoms with Crippen LogP contribution in [0.5, 0.6) is 5.75 Å². The SMILES string of the molecule is CC(Nc1ccccc1O)c1ccccc1. The van der Waals surface area contributed by atoms with Crippen molar-refractivity contribution in [1.29, 1.82) is 0 Å². The van der Waals surface area contributed by atoms with Gasteiger partial charge in [0.05, 0.1) is 5.69 Å². The van der Waals surface area contributed by atoms with Gasteiger partial charge in [0.15, 0.2) is 0 Å². The largest absolute Gasteiger partial charge is 0.506 e. The molecule has 0 saturated heterocycles. The van der Waals surface area contributed by atoms with Crippen LogP contribution in [0.3, 0.4) is 0 Å². The minimum Gasteiger partial charge on any atom is -0.506 e. The lowest BCUT2D eigenvalue weighted by atomic mass is 10.1. The van der Waals surface area contributed by atoms with E-state index in [0.29, 0.717) is 0 Å². The Balaban J connectivity index is 2.14. The first-order valence-corrected chi connectivity index (χ1v) is 5.37. The highest BCUT2D eigenvalue weighted by molar-refractivity contribution is 5.56. The molecule has 1 unspecified atom stereocenters. The van der Waals surface area contributed by atoms with E-state index < -0.39 is 0 Å². The van der Waals surface area contributed by atoms with Gasteiger partial charge in [-0.25, -0.2) is 0 Å². The Kier molecular flexibility index (Phi) is 3.10. The van der Waals surface area contributed by atoms with Crippen LogP contribution >= 0.6 is 0 Å². The Bertz CT molecular complexity index is 453. The van der Waals surface area contributed by atoms with E-state index in [9.17, 15) is 5.11 Å². The van der Waals surface area contributed by atoms with E-state index in [-0.39, 0.29) is 11.8 Å². The lowest BCUT2D eigenvalue weighted by Gasteiger charge is -2.16. The van der Waals surface area contributed by atoms with Crippen LogP contribution in [-0.4, -0.2) is 5.11 Å². The van der Waals surface area contributed by atoms with Crippen molar-refractivity contribution >= 4 is 5.69 Å². The first-order valence-electron chi connectivity index (χ1n) is 5.37. The van der Waals surface area contributed by atoms with Crippen molar-refractivity contribution in [2.75, 3.05) is 5.32 Å². The molecule has 0 aliphatic rings. The first-order chi connectivity index (χ1) is 7.77. The number of phenolic OH excluding ortho intramolecular Hbond substituents is 1. The molecule has 0 amide bonds. The Morgan fingerprint density at radius 2 is 1.56 bits per heavy atom. The number of benzene rings is 2. The van der Waals surface area contributed by atoms with Gasteiger partial charge in [0.25, 0.3) is 0 Å². The number of aromatic hydroxyl groups is 1. The highest BCUT2D eigenvalue weighted by Gasteiger charge is 2.06. The summed E-state index contributed by atoms with van der Waals surface area (Å²) < 4.78 is 0. The second-order valence-corrected chi connectivity index (χ2v) is 3.79. The van der Waals surface area contributed by atoms with Crippen LogP contribution in [0.1, 0.15) is 18.5 Å². The normalized spacial score (nSPS) is 12.1. The summed E-state index contributed by atoms with van der Waals surface area (Å²) in [4.78, 5) is 0. The third-order valence-corrected chi connectivity index (χ3v) is 2.58. The number of rotatable bonds is 3. The van der Waals surface area contributed by atoms with E-state index in [2.05, 4.69) is 24.4 Å². The Morgan fingerprint density at radius 3 is 2.25 bits per heavy atom. The zero-order chi connectivity index (χ0) is 11.4. The zero-order valence-electron chi connectivity index (χ0n) is 9.22. The minimum absolute atomic E-state index is 0.175. The Labute approximate surface area is 95.6 Å².